The topological polar surface area (TPSA) is 72.5 Å². The van der Waals surface area contributed by atoms with Crippen molar-refractivity contribution in [2.45, 2.75) is 26.4 Å². The fourth-order valence-corrected chi connectivity index (χ4v) is 2.46. The van der Waals surface area contributed by atoms with Crippen LogP contribution in [0, 0.1) is 0 Å². The molecular formula is C19H17Cl2NO4. The zero-order chi connectivity index (χ0) is 19.3. The summed E-state index contributed by atoms with van der Waals surface area (Å²) >= 11 is 11.7. The fraction of sp³-hybridized carbons (Fsp3) is 0.211. The maximum absolute atomic E-state index is 12.1. The van der Waals surface area contributed by atoms with Gasteiger partial charge in [-0.05, 0) is 55.8 Å². The summed E-state index contributed by atoms with van der Waals surface area (Å²) in [6.07, 6.45) is -1.00. The standard InChI is InChI=1S/C19H17Cl2NO4/c1-11(23)14-4-6-15(7-5-14)22-19(25)12(2)26-18(24)10-13-3-8-16(20)17(21)9-13/h3-9,12H,10H2,1-2H3,(H,22,25)/t12-/m0/s1. The van der Waals surface area contributed by atoms with E-state index in [4.69, 9.17) is 27.9 Å². The molecule has 0 bridgehead atoms. The lowest BCUT2D eigenvalue weighted by Gasteiger charge is -2.14. The van der Waals surface area contributed by atoms with Crippen LogP contribution >= 0.6 is 23.2 Å². The van der Waals surface area contributed by atoms with Gasteiger partial charge in [0.15, 0.2) is 11.9 Å². The largest absolute Gasteiger partial charge is 0.452 e. The van der Waals surface area contributed by atoms with Gasteiger partial charge >= 0.3 is 5.97 Å². The van der Waals surface area contributed by atoms with Gasteiger partial charge < -0.3 is 10.1 Å². The molecule has 5 nitrogen and oxygen atoms in total. The Morgan fingerprint density at radius 2 is 1.69 bits per heavy atom. The van der Waals surface area contributed by atoms with Crippen LogP contribution < -0.4 is 5.32 Å². The number of Topliss-reactive ketones (excluding diaryl/α,β-unsaturated/α-hetero) is 1. The Morgan fingerprint density at radius 1 is 1.04 bits per heavy atom. The molecule has 2 aromatic rings. The third-order valence-corrected chi connectivity index (χ3v) is 4.31. The van der Waals surface area contributed by atoms with E-state index in [-0.39, 0.29) is 12.2 Å². The molecule has 0 aliphatic rings. The highest BCUT2D eigenvalue weighted by atomic mass is 35.5. The van der Waals surface area contributed by atoms with Crippen molar-refractivity contribution >= 4 is 46.5 Å². The number of ketones is 1. The minimum Gasteiger partial charge on any atom is -0.452 e. The number of anilines is 1. The summed E-state index contributed by atoms with van der Waals surface area (Å²) in [6, 6.07) is 11.3. The van der Waals surface area contributed by atoms with E-state index in [0.717, 1.165) is 0 Å². The van der Waals surface area contributed by atoms with Crippen molar-refractivity contribution in [1.82, 2.24) is 0 Å². The highest BCUT2D eigenvalue weighted by Gasteiger charge is 2.18. The third kappa shape index (κ3) is 5.58. The summed E-state index contributed by atoms with van der Waals surface area (Å²) in [5, 5.41) is 3.37. The van der Waals surface area contributed by atoms with Gasteiger partial charge in [0, 0.05) is 11.3 Å². The molecular weight excluding hydrogens is 377 g/mol. The van der Waals surface area contributed by atoms with Crippen molar-refractivity contribution in [3.05, 3.63) is 63.6 Å². The van der Waals surface area contributed by atoms with Gasteiger partial charge in [-0.3, -0.25) is 14.4 Å². The van der Waals surface area contributed by atoms with E-state index in [2.05, 4.69) is 5.32 Å². The fourth-order valence-electron chi connectivity index (χ4n) is 2.14. The van der Waals surface area contributed by atoms with Crippen LogP contribution in [0.1, 0.15) is 29.8 Å². The quantitative estimate of drug-likeness (QED) is 0.586. The average molecular weight is 394 g/mol. The van der Waals surface area contributed by atoms with Crippen LogP contribution in [-0.2, 0) is 20.7 Å². The molecule has 0 aliphatic heterocycles. The van der Waals surface area contributed by atoms with Crippen LogP contribution in [0.25, 0.3) is 0 Å². The van der Waals surface area contributed by atoms with E-state index in [1.165, 1.54) is 13.8 Å². The molecule has 2 aromatic carbocycles. The van der Waals surface area contributed by atoms with Crippen molar-refractivity contribution in [2.24, 2.45) is 0 Å². The molecule has 0 fully saturated rings. The summed E-state index contributed by atoms with van der Waals surface area (Å²) in [6.45, 7) is 2.94. The average Bonchev–Trinajstić information content (AvgIpc) is 2.58. The van der Waals surface area contributed by atoms with Crippen molar-refractivity contribution in [2.75, 3.05) is 5.32 Å². The molecule has 1 N–H and O–H groups in total. The lowest BCUT2D eigenvalue weighted by molar-refractivity contribution is -0.152. The Morgan fingerprint density at radius 3 is 2.27 bits per heavy atom. The minimum atomic E-state index is -0.974. The molecule has 26 heavy (non-hydrogen) atoms. The van der Waals surface area contributed by atoms with Crippen LogP contribution in [0.5, 0.6) is 0 Å². The first kappa shape index (κ1) is 19.9. The second kappa shape index (κ2) is 8.83. The van der Waals surface area contributed by atoms with Crippen molar-refractivity contribution in [1.29, 1.82) is 0 Å². The van der Waals surface area contributed by atoms with E-state index in [9.17, 15) is 14.4 Å². The zero-order valence-corrected chi connectivity index (χ0v) is 15.7. The number of amides is 1. The Bertz CT molecular complexity index is 834. The second-order valence-corrected chi connectivity index (χ2v) is 6.49. The Labute approximate surface area is 161 Å². The van der Waals surface area contributed by atoms with Crippen molar-refractivity contribution in [3.63, 3.8) is 0 Å². The maximum atomic E-state index is 12.1. The third-order valence-electron chi connectivity index (χ3n) is 3.57. The number of halogens is 2. The molecule has 1 amide bonds. The lowest BCUT2D eigenvalue weighted by Crippen LogP contribution is -2.30. The van der Waals surface area contributed by atoms with Crippen LogP contribution in [-0.4, -0.2) is 23.8 Å². The van der Waals surface area contributed by atoms with E-state index in [1.54, 1.807) is 42.5 Å². The number of carbonyl (C=O) groups is 3. The van der Waals surface area contributed by atoms with Gasteiger partial charge in [0.1, 0.15) is 0 Å². The van der Waals surface area contributed by atoms with Crippen LogP contribution in [0.4, 0.5) is 5.69 Å². The molecule has 2 rings (SSSR count). The summed E-state index contributed by atoms with van der Waals surface area (Å²) in [4.78, 5) is 35.3. The normalized spacial score (nSPS) is 11.5. The van der Waals surface area contributed by atoms with Gasteiger partial charge in [-0.25, -0.2) is 0 Å². The van der Waals surface area contributed by atoms with Crippen molar-refractivity contribution < 1.29 is 19.1 Å². The Hall–Kier alpha value is -2.37. The van der Waals surface area contributed by atoms with Gasteiger partial charge in [-0.1, -0.05) is 29.3 Å². The van der Waals surface area contributed by atoms with Crippen LogP contribution in [0.15, 0.2) is 42.5 Å². The first-order valence-electron chi connectivity index (χ1n) is 7.81. The van der Waals surface area contributed by atoms with E-state index >= 15 is 0 Å². The van der Waals surface area contributed by atoms with Crippen molar-refractivity contribution in [3.8, 4) is 0 Å². The molecule has 0 saturated carbocycles. The van der Waals surface area contributed by atoms with Gasteiger partial charge in [-0.2, -0.15) is 0 Å². The van der Waals surface area contributed by atoms with Crippen LogP contribution in [0.2, 0.25) is 10.0 Å². The number of ether oxygens (including phenoxy) is 1. The smallest absolute Gasteiger partial charge is 0.311 e. The van der Waals surface area contributed by atoms with Gasteiger partial charge in [0.05, 0.1) is 16.5 Å². The number of esters is 1. The summed E-state index contributed by atoms with van der Waals surface area (Å²) in [5.41, 5.74) is 1.69. The summed E-state index contributed by atoms with van der Waals surface area (Å²) < 4.78 is 5.14. The van der Waals surface area contributed by atoms with Gasteiger partial charge in [0.2, 0.25) is 0 Å². The maximum Gasteiger partial charge on any atom is 0.311 e. The van der Waals surface area contributed by atoms with Crippen LogP contribution in [0.3, 0.4) is 0 Å². The highest BCUT2D eigenvalue weighted by Crippen LogP contribution is 2.23. The predicted molar refractivity (Wildman–Crippen MR) is 101 cm³/mol. The molecule has 0 spiro atoms. The first-order valence-corrected chi connectivity index (χ1v) is 8.57. The van der Waals surface area contributed by atoms with Gasteiger partial charge in [-0.15, -0.1) is 0 Å². The number of rotatable bonds is 6. The summed E-state index contributed by atoms with van der Waals surface area (Å²) in [7, 11) is 0. The predicted octanol–water partition coefficient (Wildman–Crippen LogP) is 4.31. The number of nitrogens with one attached hydrogen (secondary N) is 1. The number of hydrogen-bond donors (Lipinski definition) is 1. The molecule has 0 heterocycles. The lowest BCUT2D eigenvalue weighted by atomic mass is 10.1. The molecule has 7 heteroatoms. The zero-order valence-electron chi connectivity index (χ0n) is 14.2. The highest BCUT2D eigenvalue weighted by molar-refractivity contribution is 6.42. The first-order chi connectivity index (χ1) is 12.3. The molecule has 0 radical (unpaired) electrons. The minimum absolute atomic E-state index is 0.0260. The summed E-state index contributed by atoms with van der Waals surface area (Å²) in [5.74, 6) is -1.09. The number of hydrogen-bond acceptors (Lipinski definition) is 4. The van der Waals surface area contributed by atoms with Gasteiger partial charge in [0.25, 0.3) is 5.91 Å². The Balaban J connectivity index is 1.90. The number of carbonyl (C=O) groups excluding carboxylic acids is 3. The SMILES string of the molecule is CC(=O)c1ccc(NC(=O)[C@H](C)OC(=O)Cc2ccc(Cl)c(Cl)c2)cc1. The van der Waals surface area contributed by atoms with E-state index in [0.29, 0.717) is 26.9 Å². The molecule has 0 unspecified atom stereocenters. The molecule has 0 saturated heterocycles. The van der Waals surface area contributed by atoms with E-state index in [1.807, 2.05) is 0 Å². The monoisotopic (exact) mass is 393 g/mol. The molecule has 1 atom stereocenters. The number of benzene rings is 2. The second-order valence-electron chi connectivity index (χ2n) is 5.68. The molecule has 136 valence electrons. The molecule has 0 aliphatic carbocycles. The molecule has 0 aromatic heterocycles. The van der Waals surface area contributed by atoms with E-state index < -0.39 is 18.0 Å². The Kier molecular flexibility index (Phi) is 6.77.